The SMILES string of the molecule is CC(C)N1CCC[C@H]1C1C=CC(c2nc3c(C4OC4N)cccc3[nH]2)=C(F)C1. The molecule has 4 atom stereocenters. The first-order chi connectivity index (χ1) is 13.5. The number of nitrogens with one attached hydrogen (secondary N) is 1. The van der Waals surface area contributed by atoms with E-state index in [2.05, 4.69) is 29.8 Å². The average molecular weight is 382 g/mol. The lowest BCUT2D eigenvalue weighted by Gasteiger charge is -2.34. The Bertz CT molecular complexity index is 963. The van der Waals surface area contributed by atoms with Crippen LogP contribution in [0.4, 0.5) is 4.39 Å². The van der Waals surface area contributed by atoms with Gasteiger partial charge in [0.25, 0.3) is 0 Å². The number of nitrogens with two attached hydrogens (primary N) is 1. The zero-order valence-corrected chi connectivity index (χ0v) is 16.4. The van der Waals surface area contributed by atoms with Crippen molar-refractivity contribution >= 4 is 16.6 Å². The van der Waals surface area contributed by atoms with Gasteiger partial charge in [0, 0.05) is 29.6 Å². The van der Waals surface area contributed by atoms with E-state index in [1.807, 2.05) is 24.3 Å². The van der Waals surface area contributed by atoms with Gasteiger partial charge in [-0.3, -0.25) is 4.90 Å². The van der Waals surface area contributed by atoms with Crippen molar-refractivity contribution in [2.75, 3.05) is 6.54 Å². The molecule has 28 heavy (non-hydrogen) atoms. The van der Waals surface area contributed by atoms with Gasteiger partial charge in [-0.25, -0.2) is 9.37 Å². The van der Waals surface area contributed by atoms with Gasteiger partial charge >= 0.3 is 0 Å². The number of H-pyrrole nitrogens is 1. The lowest BCUT2D eigenvalue weighted by molar-refractivity contribution is 0.166. The molecule has 0 bridgehead atoms. The predicted molar refractivity (Wildman–Crippen MR) is 108 cm³/mol. The highest BCUT2D eigenvalue weighted by molar-refractivity contribution is 5.84. The molecule has 0 spiro atoms. The van der Waals surface area contributed by atoms with Crippen LogP contribution in [0, 0.1) is 5.92 Å². The van der Waals surface area contributed by atoms with E-state index in [1.54, 1.807) is 0 Å². The Morgan fingerprint density at radius 1 is 1.36 bits per heavy atom. The first-order valence-electron chi connectivity index (χ1n) is 10.3. The molecule has 3 aliphatic rings. The predicted octanol–water partition coefficient (Wildman–Crippen LogP) is 4.05. The summed E-state index contributed by atoms with van der Waals surface area (Å²) in [7, 11) is 0. The van der Waals surface area contributed by atoms with E-state index in [0.717, 1.165) is 29.6 Å². The number of aromatic nitrogens is 2. The van der Waals surface area contributed by atoms with Crippen molar-refractivity contribution in [2.24, 2.45) is 11.7 Å². The minimum absolute atomic E-state index is 0.0805. The minimum atomic E-state index is -0.271. The van der Waals surface area contributed by atoms with Crippen LogP contribution in [-0.4, -0.2) is 39.7 Å². The topological polar surface area (TPSA) is 70.5 Å². The molecule has 6 heteroatoms. The molecule has 148 valence electrons. The molecule has 1 aromatic carbocycles. The maximum atomic E-state index is 15.1. The fourth-order valence-corrected chi connectivity index (χ4v) is 4.87. The van der Waals surface area contributed by atoms with E-state index >= 15 is 4.39 Å². The summed E-state index contributed by atoms with van der Waals surface area (Å²) in [5, 5.41) is 0. The number of benzene rings is 1. The zero-order chi connectivity index (χ0) is 19.4. The minimum Gasteiger partial charge on any atom is -0.348 e. The Morgan fingerprint density at radius 2 is 2.18 bits per heavy atom. The van der Waals surface area contributed by atoms with E-state index in [9.17, 15) is 0 Å². The summed E-state index contributed by atoms with van der Waals surface area (Å²) >= 11 is 0. The summed E-state index contributed by atoms with van der Waals surface area (Å²) in [4.78, 5) is 10.5. The van der Waals surface area contributed by atoms with Crippen LogP contribution in [0.2, 0.25) is 0 Å². The van der Waals surface area contributed by atoms with Crippen molar-refractivity contribution in [3.8, 4) is 0 Å². The van der Waals surface area contributed by atoms with Crippen LogP contribution in [0.15, 0.2) is 36.2 Å². The lowest BCUT2D eigenvalue weighted by Crippen LogP contribution is -2.40. The van der Waals surface area contributed by atoms with Crippen LogP contribution < -0.4 is 5.73 Å². The monoisotopic (exact) mass is 382 g/mol. The Kier molecular flexibility index (Phi) is 4.38. The maximum absolute atomic E-state index is 15.1. The number of hydrogen-bond acceptors (Lipinski definition) is 4. The lowest BCUT2D eigenvalue weighted by atomic mass is 9.87. The van der Waals surface area contributed by atoms with Gasteiger partial charge in [-0.15, -0.1) is 0 Å². The molecular formula is C22H27FN4O. The number of rotatable bonds is 4. The van der Waals surface area contributed by atoms with Gasteiger partial charge < -0.3 is 15.5 Å². The number of imidazole rings is 1. The number of ether oxygens (including phenoxy) is 1. The van der Waals surface area contributed by atoms with Crippen molar-refractivity contribution in [3.63, 3.8) is 0 Å². The molecule has 3 N–H and O–H groups in total. The van der Waals surface area contributed by atoms with Crippen LogP contribution in [-0.2, 0) is 4.74 Å². The number of hydrogen-bond donors (Lipinski definition) is 2. The van der Waals surface area contributed by atoms with Crippen molar-refractivity contribution in [3.05, 3.63) is 47.6 Å². The van der Waals surface area contributed by atoms with Crippen LogP contribution >= 0.6 is 0 Å². The van der Waals surface area contributed by atoms with Gasteiger partial charge in [0.05, 0.1) is 11.0 Å². The molecule has 0 amide bonds. The Balaban J connectivity index is 1.42. The molecule has 3 unspecified atom stereocenters. The largest absolute Gasteiger partial charge is 0.348 e. The molecule has 0 saturated carbocycles. The Hall–Kier alpha value is -2.02. The standard InChI is InChI=1S/C22H27FN4O/c1-12(2)27-10-4-7-18(27)13-8-9-14(16(23)11-13)22-25-17-6-3-5-15(19(17)26-22)20-21(24)28-20/h3,5-6,8-9,12-13,18,20-21H,4,7,10-11,24H2,1-2H3,(H,25,26)/t13?,18-,20?,21?/m0/s1. The van der Waals surface area contributed by atoms with Gasteiger partial charge in [0.2, 0.25) is 0 Å². The molecule has 1 aromatic heterocycles. The highest BCUT2D eigenvalue weighted by Crippen LogP contribution is 2.40. The van der Waals surface area contributed by atoms with Gasteiger partial charge in [0.15, 0.2) is 0 Å². The molecule has 5 rings (SSSR count). The summed E-state index contributed by atoms with van der Waals surface area (Å²) in [5.41, 5.74) is 9.05. The molecule has 5 nitrogen and oxygen atoms in total. The third-order valence-electron chi connectivity index (χ3n) is 6.35. The highest BCUT2D eigenvalue weighted by Gasteiger charge is 2.39. The van der Waals surface area contributed by atoms with E-state index < -0.39 is 0 Å². The molecule has 2 aliphatic heterocycles. The quantitative estimate of drug-likeness (QED) is 0.783. The summed E-state index contributed by atoms with van der Waals surface area (Å²) in [6.45, 7) is 5.57. The summed E-state index contributed by atoms with van der Waals surface area (Å²) in [6, 6.07) is 6.81. The molecule has 2 saturated heterocycles. The molecule has 1 aliphatic carbocycles. The van der Waals surface area contributed by atoms with Gasteiger partial charge in [0.1, 0.15) is 24.0 Å². The second-order valence-corrected chi connectivity index (χ2v) is 8.44. The number of likely N-dealkylation sites (tertiary alicyclic amines) is 1. The zero-order valence-electron chi connectivity index (χ0n) is 16.4. The van der Waals surface area contributed by atoms with Gasteiger partial charge in [-0.1, -0.05) is 24.3 Å². The molecular weight excluding hydrogens is 355 g/mol. The number of para-hydroxylation sites is 1. The fourth-order valence-electron chi connectivity index (χ4n) is 4.87. The Morgan fingerprint density at radius 3 is 2.89 bits per heavy atom. The van der Waals surface area contributed by atoms with E-state index in [4.69, 9.17) is 15.5 Å². The van der Waals surface area contributed by atoms with Gasteiger partial charge in [-0.2, -0.15) is 0 Å². The van der Waals surface area contributed by atoms with Crippen molar-refractivity contribution < 1.29 is 9.13 Å². The normalized spacial score (nSPS) is 30.8. The van der Waals surface area contributed by atoms with Crippen LogP contribution in [0.3, 0.4) is 0 Å². The van der Waals surface area contributed by atoms with Crippen LogP contribution in [0.25, 0.3) is 16.6 Å². The smallest absolute Gasteiger partial charge is 0.141 e. The molecule has 2 aromatic rings. The number of epoxide rings is 1. The third-order valence-corrected chi connectivity index (χ3v) is 6.35. The first-order valence-corrected chi connectivity index (χ1v) is 10.3. The maximum Gasteiger partial charge on any atom is 0.141 e. The summed E-state index contributed by atoms with van der Waals surface area (Å²) in [5.74, 6) is 0.727. The number of nitrogens with zero attached hydrogens (tertiary/aromatic N) is 2. The van der Waals surface area contributed by atoms with E-state index in [1.165, 1.54) is 6.42 Å². The highest BCUT2D eigenvalue weighted by atomic mass is 19.1. The van der Waals surface area contributed by atoms with Crippen LogP contribution in [0.5, 0.6) is 0 Å². The first kappa shape index (κ1) is 18.0. The number of allylic oxidation sites excluding steroid dienone is 3. The van der Waals surface area contributed by atoms with Crippen molar-refractivity contribution in [1.82, 2.24) is 14.9 Å². The second kappa shape index (κ2) is 6.79. The average Bonchev–Trinajstić information content (AvgIpc) is 3.10. The van der Waals surface area contributed by atoms with Gasteiger partial charge in [-0.05, 0) is 45.2 Å². The van der Waals surface area contributed by atoms with E-state index in [0.29, 0.717) is 29.9 Å². The fraction of sp³-hybridized carbons (Fsp3) is 0.500. The number of halogens is 1. The molecule has 2 fully saturated rings. The number of aromatic amines is 1. The van der Waals surface area contributed by atoms with Crippen molar-refractivity contribution in [1.29, 1.82) is 0 Å². The molecule has 3 heterocycles. The summed E-state index contributed by atoms with van der Waals surface area (Å²) < 4.78 is 20.5. The third kappa shape index (κ3) is 3.00. The van der Waals surface area contributed by atoms with Crippen LogP contribution in [0.1, 0.15) is 50.6 Å². The Labute approximate surface area is 164 Å². The summed E-state index contributed by atoms with van der Waals surface area (Å²) in [6.07, 6.45) is 6.49. The van der Waals surface area contributed by atoms with E-state index in [-0.39, 0.29) is 24.1 Å². The number of fused-ring (bicyclic) bond motifs is 1. The molecule has 0 radical (unpaired) electrons. The second-order valence-electron chi connectivity index (χ2n) is 8.44. The van der Waals surface area contributed by atoms with Crippen molar-refractivity contribution in [2.45, 2.75) is 57.5 Å².